The van der Waals surface area contributed by atoms with Gasteiger partial charge in [0.15, 0.2) is 5.11 Å². The molecule has 0 spiro atoms. The Bertz CT molecular complexity index is 1150. The number of halogens is 1. The maximum atomic E-state index is 13.0. The molecule has 0 radical (unpaired) electrons. The Labute approximate surface area is 197 Å². The van der Waals surface area contributed by atoms with Crippen LogP contribution in [0.4, 0.5) is 10.1 Å². The molecule has 0 atom stereocenters. The molecule has 3 rings (SSSR count). The van der Waals surface area contributed by atoms with Gasteiger partial charge in [0.25, 0.3) is 5.91 Å². The molecule has 0 unspecified atom stereocenters. The summed E-state index contributed by atoms with van der Waals surface area (Å²) in [5.74, 6) is -0.998. The number of para-hydroxylation sites is 1. The second-order valence-electron chi connectivity index (χ2n) is 7.25. The Hall–Kier alpha value is -3.84. The van der Waals surface area contributed by atoms with E-state index < -0.39 is 5.91 Å². The predicted molar refractivity (Wildman–Crippen MR) is 133 cm³/mol. The maximum Gasteiger partial charge on any atom is 0.253 e. The molecule has 2 amide bonds. The molecule has 33 heavy (non-hydrogen) atoms. The van der Waals surface area contributed by atoms with E-state index >= 15 is 0 Å². The van der Waals surface area contributed by atoms with Gasteiger partial charge in [-0.2, -0.15) is 0 Å². The third kappa shape index (κ3) is 7.08. The minimum atomic E-state index is -0.430. The third-order valence-corrected chi connectivity index (χ3v) is 5.26. The van der Waals surface area contributed by atoms with Crippen molar-refractivity contribution in [1.82, 2.24) is 10.6 Å². The van der Waals surface area contributed by atoms with Crippen LogP contribution in [0.15, 0.2) is 84.9 Å². The van der Waals surface area contributed by atoms with E-state index in [0.717, 1.165) is 12.0 Å². The molecule has 3 aromatic carbocycles. The highest BCUT2D eigenvalue weighted by Crippen LogP contribution is 2.19. The van der Waals surface area contributed by atoms with E-state index in [1.807, 2.05) is 30.3 Å². The molecule has 0 aliphatic carbocycles. The molecular weight excluding hydrogens is 437 g/mol. The first-order valence-corrected chi connectivity index (χ1v) is 10.8. The molecule has 5 nitrogen and oxygen atoms in total. The summed E-state index contributed by atoms with van der Waals surface area (Å²) >= 11 is 5.36. The highest BCUT2D eigenvalue weighted by atomic mass is 32.1. The van der Waals surface area contributed by atoms with E-state index in [0.29, 0.717) is 23.4 Å². The zero-order valence-corrected chi connectivity index (χ0v) is 18.9. The van der Waals surface area contributed by atoms with Gasteiger partial charge in [0.1, 0.15) is 5.82 Å². The molecule has 0 aromatic heterocycles. The first kappa shape index (κ1) is 23.8. The predicted octanol–water partition coefficient (Wildman–Crippen LogP) is 4.35. The summed E-state index contributed by atoms with van der Waals surface area (Å²) in [4.78, 5) is 26.6. The van der Waals surface area contributed by atoms with Crippen LogP contribution < -0.4 is 15.5 Å². The van der Waals surface area contributed by atoms with Crippen molar-refractivity contribution in [3.05, 3.63) is 107 Å². The summed E-state index contributed by atoms with van der Waals surface area (Å²) in [6.07, 6.45) is 3.60. The Kier molecular flexibility index (Phi) is 8.43. The highest BCUT2D eigenvalue weighted by Gasteiger charge is 2.17. The fraction of sp³-hybridized carbons (Fsp3) is 0.115. The van der Waals surface area contributed by atoms with Crippen LogP contribution in [-0.2, 0) is 11.2 Å². The van der Waals surface area contributed by atoms with E-state index in [4.69, 9.17) is 12.2 Å². The van der Waals surface area contributed by atoms with Crippen molar-refractivity contribution in [1.29, 1.82) is 0 Å². The molecule has 0 saturated heterocycles. The lowest BCUT2D eigenvalue weighted by Gasteiger charge is -2.22. The van der Waals surface area contributed by atoms with E-state index in [9.17, 15) is 14.0 Å². The quantitative estimate of drug-likeness (QED) is 0.406. The lowest BCUT2D eigenvalue weighted by Crippen LogP contribution is -2.41. The van der Waals surface area contributed by atoms with E-state index in [1.54, 1.807) is 54.4 Å². The monoisotopic (exact) mass is 461 g/mol. The first-order chi connectivity index (χ1) is 15.9. The molecule has 0 saturated carbocycles. The summed E-state index contributed by atoms with van der Waals surface area (Å²) < 4.78 is 13.0. The first-order valence-electron chi connectivity index (χ1n) is 10.4. The average Bonchev–Trinajstić information content (AvgIpc) is 2.83. The normalized spacial score (nSPS) is 10.6. The number of nitrogens with one attached hydrogen (secondary N) is 2. The van der Waals surface area contributed by atoms with Crippen LogP contribution in [0.25, 0.3) is 6.08 Å². The fourth-order valence-corrected chi connectivity index (χ4v) is 3.30. The third-order valence-electron chi connectivity index (χ3n) is 4.88. The summed E-state index contributed by atoms with van der Waals surface area (Å²) in [6, 6.07) is 22.7. The van der Waals surface area contributed by atoms with Crippen molar-refractivity contribution in [3.63, 3.8) is 0 Å². The van der Waals surface area contributed by atoms with Crippen LogP contribution in [0.3, 0.4) is 0 Å². The van der Waals surface area contributed by atoms with Crippen molar-refractivity contribution in [3.8, 4) is 0 Å². The highest BCUT2D eigenvalue weighted by molar-refractivity contribution is 7.80. The maximum absolute atomic E-state index is 13.0. The molecule has 3 aromatic rings. The standard InChI is InChI=1S/C26H24FN3O2S/c1-30(26(33)29-24(31)16-13-20-11-14-21(27)15-12-20)23-10-6-5-9-22(23)25(32)28-18-17-19-7-3-2-4-8-19/h2-16H,17-18H2,1H3,(H,28,32)(H,29,31,33). The number of rotatable bonds is 7. The number of benzene rings is 3. The van der Waals surface area contributed by atoms with Gasteiger partial charge in [-0.1, -0.05) is 54.6 Å². The second kappa shape index (κ2) is 11.7. The number of hydrogen-bond acceptors (Lipinski definition) is 3. The summed E-state index contributed by atoms with van der Waals surface area (Å²) in [5, 5.41) is 5.69. The second-order valence-corrected chi connectivity index (χ2v) is 7.63. The smallest absolute Gasteiger partial charge is 0.253 e. The van der Waals surface area contributed by atoms with Gasteiger partial charge in [0.05, 0.1) is 11.3 Å². The van der Waals surface area contributed by atoms with Crippen molar-refractivity contribution in [2.75, 3.05) is 18.5 Å². The number of anilines is 1. The minimum Gasteiger partial charge on any atom is -0.352 e. The van der Waals surface area contributed by atoms with Gasteiger partial charge < -0.3 is 10.2 Å². The van der Waals surface area contributed by atoms with Crippen LogP contribution in [-0.4, -0.2) is 30.5 Å². The number of carbonyl (C=O) groups excluding carboxylic acids is 2. The molecule has 0 aliphatic heterocycles. The molecular formula is C26H24FN3O2S. The zero-order valence-electron chi connectivity index (χ0n) is 18.1. The number of thiocarbonyl (C=S) groups is 1. The van der Waals surface area contributed by atoms with Gasteiger partial charge in [-0.25, -0.2) is 4.39 Å². The largest absolute Gasteiger partial charge is 0.352 e. The lowest BCUT2D eigenvalue weighted by molar-refractivity contribution is -0.115. The molecule has 0 fully saturated rings. The van der Waals surface area contributed by atoms with Gasteiger partial charge in [-0.05, 0) is 60.1 Å². The Morgan fingerprint density at radius 3 is 2.36 bits per heavy atom. The van der Waals surface area contributed by atoms with E-state index in [1.165, 1.54) is 18.2 Å². The van der Waals surface area contributed by atoms with Crippen molar-refractivity contribution in [2.24, 2.45) is 0 Å². The molecule has 0 bridgehead atoms. The molecule has 7 heteroatoms. The summed E-state index contributed by atoms with van der Waals surface area (Å²) in [5.41, 5.74) is 2.85. The van der Waals surface area contributed by atoms with Gasteiger partial charge in [-0.3, -0.25) is 14.9 Å². The summed E-state index contributed by atoms with van der Waals surface area (Å²) in [7, 11) is 1.68. The number of hydrogen-bond donors (Lipinski definition) is 2. The Balaban J connectivity index is 1.60. The number of carbonyl (C=O) groups is 2. The zero-order chi connectivity index (χ0) is 23.6. The van der Waals surface area contributed by atoms with E-state index in [-0.39, 0.29) is 16.8 Å². The van der Waals surface area contributed by atoms with Gasteiger partial charge in [0.2, 0.25) is 5.91 Å². The van der Waals surface area contributed by atoms with Crippen molar-refractivity contribution < 1.29 is 14.0 Å². The van der Waals surface area contributed by atoms with Crippen LogP contribution in [0.2, 0.25) is 0 Å². The van der Waals surface area contributed by atoms with Crippen molar-refractivity contribution in [2.45, 2.75) is 6.42 Å². The van der Waals surface area contributed by atoms with Crippen LogP contribution in [0.5, 0.6) is 0 Å². The van der Waals surface area contributed by atoms with Crippen LogP contribution in [0, 0.1) is 5.82 Å². The lowest BCUT2D eigenvalue weighted by atomic mass is 10.1. The fourth-order valence-electron chi connectivity index (χ4n) is 3.10. The van der Waals surface area contributed by atoms with Gasteiger partial charge >= 0.3 is 0 Å². The van der Waals surface area contributed by atoms with Gasteiger partial charge in [0, 0.05) is 19.7 Å². The van der Waals surface area contributed by atoms with Crippen molar-refractivity contribution >= 4 is 40.9 Å². The molecule has 2 N–H and O–H groups in total. The Morgan fingerprint density at radius 2 is 1.64 bits per heavy atom. The van der Waals surface area contributed by atoms with Crippen LogP contribution >= 0.6 is 12.2 Å². The Morgan fingerprint density at radius 1 is 0.970 bits per heavy atom. The number of nitrogens with zero attached hydrogens (tertiary/aromatic N) is 1. The molecule has 0 aliphatic rings. The SMILES string of the molecule is CN(C(=S)NC(=O)C=Cc1ccc(F)cc1)c1ccccc1C(=O)NCCc1ccccc1. The topological polar surface area (TPSA) is 61.4 Å². The number of amides is 2. The van der Waals surface area contributed by atoms with Crippen LogP contribution in [0.1, 0.15) is 21.5 Å². The summed E-state index contributed by atoms with van der Waals surface area (Å²) in [6.45, 7) is 0.496. The average molecular weight is 462 g/mol. The van der Waals surface area contributed by atoms with Gasteiger partial charge in [-0.15, -0.1) is 0 Å². The molecule has 168 valence electrons. The van der Waals surface area contributed by atoms with E-state index in [2.05, 4.69) is 10.6 Å². The molecule has 0 heterocycles. The minimum absolute atomic E-state index is 0.147.